The Labute approximate surface area is 245 Å². The first-order valence-electron chi connectivity index (χ1n) is 13.6. The third kappa shape index (κ3) is 6.29. The van der Waals surface area contributed by atoms with E-state index in [0.29, 0.717) is 29.0 Å². The van der Waals surface area contributed by atoms with Crippen LogP contribution in [-0.2, 0) is 4.79 Å². The summed E-state index contributed by atoms with van der Waals surface area (Å²) in [5, 5.41) is 7.39. The minimum Gasteiger partial charge on any atom is -0.494 e. The molecule has 1 amide bonds. The number of nitrogens with zero attached hydrogens (tertiary/aromatic N) is 2. The first-order valence-corrected chi connectivity index (χ1v) is 14.4. The summed E-state index contributed by atoms with van der Waals surface area (Å²) < 4.78 is 17.1. The van der Waals surface area contributed by atoms with Crippen LogP contribution in [0.1, 0.15) is 50.3 Å². The van der Waals surface area contributed by atoms with Gasteiger partial charge in [0, 0.05) is 10.9 Å². The fraction of sp³-hybridized carbons (Fsp3) is 0.312. The van der Waals surface area contributed by atoms with E-state index in [9.17, 15) is 4.79 Å². The maximum absolute atomic E-state index is 13.6. The lowest BCUT2D eigenvalue weighted by Gasteiger charge is -2.29. The number of amides is 1. The van der Waals surface area contributed by atoms with Crippen LogP contribution in [0.3, 0.4) is 0 Å². The topological polar surface area (TPSA) is 60.4 Å². The SMILES string of the molecule is CCOc1ccc(/C=C2\CCC[C@H]3C2=NN(C(=O)COc2ccc(Cl)cc2Cl)[C@@H]3c2ccc(OCC)cc2)cc1. The van der Waals surface area contributed by atoms with E-state index in [1.165, 1.54) is 0 Å². The van der Waals surface area contributed by atoms with E-state index in [4.69, 9.17) is 42.5 Å². The van der Waals surface area contributed by atoms with Crippen molar-refractivity contribution in [3.05, 3.63) is 93.5 Å². The van der Waals surface area contributed by atoms with E-state index in [2.05, 4.69) is 6.08 Å². The van der Waals surface area contributed by atoms with E-state index in [1.54, 1.807) is 23.2 Å². The highest BCUT2D eigenvalue weighted by Gasteiger charge is 2.43. The highest BCUT2D eigenvalue weighted by molar-refractivity contribution is 6.35. The highest BCUT2D eigenvalue weighted by atomic mass is 35.5. The van der Waals surface area contributed by atoms with Crippen molar-refractivity contribution in [1.82, 2.24) is 5.01 Å². The zero-order valence-corrected chi connectivity index (χ0v) is 24.1. The Morgan fingerprint density at radius 3 is 2.27 bits per heavy atom. The number of hydrogen-bond donors (Lipinski definition) is 0. The standard InChI is InChI=1S/C32H32Cl2N2O4/c1-3-38-25-13-8-21(9-14-25)18-23-6-5-7-27-31(23)35-36(32(27)22-10-15-26(16-11-22)39-4-2)30(37)20-40-29-17-12-24(33)19-28(29)34/h8-19,27,32H,3-7,20H2,1-2H3/b23-18+/t27-,32+/m0/s1. The van der Waals surface area contributed by atoms with Gasteiger partial charge in [-0.1, -0.05) is 47.5 Å². The largest absolute Gasteiger partial charge is 0.494 e. The summed E-state index contributed by atoms with van der Waals surface area (Å²) in [6.07, 6.45) is 5.02. The Hall–Kier alpha value is -3.48. The van der Waals surface area contributed by atoms with Crippen LogP contribution < -0.4 is 14.2 Å². The van der Waals surface area contributed by atoms with Crippen molar-refractivity contribution < 1.29 is 19.0 Å². The minimum atomic E-state index is -0.244. The van der Waals surface area contributed by atoms with Gasteiger partial charge in [-0.2, -0.15) is 5.10 Å². The quantitative estimate of drug-likeness (QED) is 0.258. The zero-order valence-electron chi connectivity index (χ0n) is 22.6. The molecule has 2 aliphatic rings. The third-order valence-corrected chi connectivity index (χ3v) is 7.60. The Kier molecular flexibility index (Phi) is 8.98. The second kappa shape index (κ2) is 12.8. The lowest BCUT2D eigenvalue weighted by molar-refractivity contribution is -0.135. The molecule has 0 N–H and O–H groups in total. The van der Waals surface area contributed by atoms with E-state index < -0.39 is 0 Å². The number of hydrogen-bond acceptors (Lipinski definition) is 5. The number of carbonyl (C=O) groups excluding carboxylic acids is 1. The summed E-state index contributed by atoms with van der Waals surface area (Å²) in [7, 11) is 0. The number of fused-ring (bicyclic) bond motifs is 1. The average Bonchev–Trinajstić information content (AvgIpc) is 3.35. The second-order valence-electron chi connectivity index (χ2n) is 9.70. The molecule has 1 fully saturated rings. The van der Waals surface area contributed by atoms with Crippen molar-refractivity contribution in [2.75, 3.05) is 19.8 Å². The lowest BCUT2D eigenvalue weighted by Crippen LogP contribution is -2.34. The predicted octanol–water partition coefficient (Wildman–Crippen LogP) is 7.99. The van der Waals surface area contributed by atoms with Crippen molar-refractivity contribution in [1.29, 1.82) is 0 Å². The van der Waals surface area contributed by atoms with Gasteiger partial charge in [-0.3, -0.25) is 4.79 Å². The number of halogens is 2. The Morgan fingerprint density at radius 2 is 1.62 bits per heavy atom. The van der Waals surface area contributed by atoms with Gasteiger partial charge in [0.1, 0.15) is 17.2 Å². The maximum Gasteiger partial charge on any atom is 0.281 e. The molecule has 1 aliphatic carbocycles. The van der Waals surface area contributed by atoms with Gasteiger partial charge in [0.15, 0.2) is 6.61 Å². The fourth-order valence-electron chi connectivity index (χ4n) is 5.29. The molecule has 8 heteroatoms. The number of rotatable bonds is 9. The van der Waals surface area contributed by atoms with Crippen LogP contribution in [-0.4, -0.2) is 36.4 Å². The van der Waals surface area contributed by atoms with Crippen LogP contribution in [0.5, 0.6) is 17.2 Å². The Morgan fingerprint density at radius 1 is 0.950 bits per heavy atom. The predicted molar refractivity (Wildman–Crippen MR) is 160 cm³/mol. The van der Waals surface area contributed by atoms with E-state index in [1.807, 2.05) is 62.4 Å². The molecule has 3 aromatic rings. The van der Waals surface area contributed by atoms with Gasteiger partial charge in [-0.05, 0) is 98.4 Å². The molecule has 5 rings (SSSR count). The van der Waals surface area contributed by atoms with Gasteiger partial charge < -0.3 is 14.2 Å². The van der Waals surface area contributed by atoms with Crippen molar-refractivity contribution >= 4 is 40.9 Å². The van der Waals surface area contributed by atoms with Crippen molar-refractivity contribution in [2.45, 2.75) is 39.2 Å². The lowest BCUT2D eigenvalue weighted by atomic mass is 9.77. The molecule has 2 atom stereocenters. The second-order valence-corrected chi connectivity index (χ2v) is 10.5. The van der Waals surface area contributed by atoms with Crippen LogP contribution in [0.25, 0.3) is 6.08 Å². The van der Waals surface area contributed by atoms with Crippen LogP contribution >= 0.6 is 23.2 Å². The monoisotopic (exact) mass is 578 g/mol. The molecular formula is C32H32Cl2N2O4. The summed E-state index contributed by atoms with van der Waals surface area (Å²) in [5.41, 5.74) is 4.18. The van der Waals surface area contributed by atoms with Crippen LogP contribution in [0, 0.1) is 5.92 Å². The normalized spacial score (nSPS) is 19.2. The average molecular weight is 580 g/mol. The summed E-state index contributed by atoms with van der Waals surface area (Å²) in [4.78, 5) is 13.6. The van der Waals surface area contributed by atoms with Crippen molar-refractivity contribution in [2.24, 2.45) is 11.0 Å². The molecule has 208 valence electrons. The van der Waals surface area contributed by atoms with Gasteiger partial charge >= 0.3 is 0 Å². The fourth-order valence-corrected chi connectivity index (χ4v) is 5.76. The molecule has 0 saturated heterocycles. The smallest absolute Gasteiger partial charge is 0.281 e. The van der Waals surface area contributed by atoms with Crippen LogP contribution in [0.15, 0.2) is 77.4 Å². The van der Waals surface area contributed by atoms with Crippen LogP contribution in [0.2, 0.25) is 10.0 Å². The third-order valence-electron chi connectivity index (χ3n) is 7.07. The van der Waals surface area contributed by atoms with Gasteiger partial charge in [0.05, 0.1) is 30.0 Å². The molecule has 1 heterocycles. The molecule has 1 aliphatic heterocycles. The first-order chi connectivity index (χ1) is 19.5. The van der Waals surface area contributed by atoms with Crippen LogP contribution in [0.4, 0.5) is 0 Å². The molecule has 1 saturated carbocycles. The first kappa shape index (κ1) is 28.1. The molecule has 0 bridgehead atoms. The number of allylic oxidation sites excluding steroid dienone is 1. The molecular weight excluding hydrogens is 547 g/mol. The van der Waals surface area contributed by atoms with Gasteiger partial charge in [0.25, 0.3) is 5.91 Å². The highest BCUT2D eigenvalue weighted by Crippen LogP contribution is 2.45. The molecule has 0 spiro atoms. The minimum absolute atomic E-state index is 0.0729. The molecule has 3 aromatic carbocycles. The molecule has 0 aromatic heterocycles. The van der Waals surface area contributed by atoms with Gasteiger partial charge in [0.2, 0.25) is 0 Å². The van der Waals surface area contributed by atoms with Crippen molar-refractivity contribution in [3.8, 4) is 17.2 Å². The summed E-state index contributed by atoms with van der Waals surface area (Å²) in [5.74, 6) is 1.87. The zero-order chi connectivity index (χ0) is 28.1. The number of ether oxygens (including phenoxy) is 3. The number of carbonyl (C=O) groups is 1. The molecule has 40 heavy (non-hydrogen) atoms. The molecule has 0 radical (unpaired) electrons. The Balaban J connectivity index is 1.44. The summed E-state index contributed by atoms with van der Waals surface area (Å²) in [6, 6.07) is 20.7. The van der Waals surface area contributed by atoms with Crippen molar-refractivity contribution in [3.63, 3.8) is 0 Å². The molecule has 0 unspecified atom stereocenters. The van der Waals surface area contributed by atoms with E-state index >= 15 is 0 Å². The number of hydrazone groups is 1. The summed E-state index contributed by atoms with van der Waals surface area (Å²) in [6.45, 7) is 4.95. The number of benzene rings is 3. The molecule has 6 nitrogen and oxygen atoms in total. The van der Waals surface area contributed by atoms with Gasteiger partial charge in [-0.25, -0.2) is 5.01 Å². The maximum atomic E-state index is 13.6. The van der Waals surface area contributed by atoms with E-state index in [-0.39, 0.29) is 24.5 Å². The van der Waals surface area contributed by atoms with E-state index in [0.717, 1.165) is 53.2 Å². The Bertz CT molecular complexity index is 1400. The van der Waals surface area contributed by atoms with Gasteiger partial charge in [-0.15, -0.1) is 0 Å². The summed E-state index contributed by atoms with van der Waals surface area (Å²) >= 11 is 12.3.